The maximum atomic E-state index is 13.1. The van der Waals surface area contributed by atoms with Gasteiger partial charge in [-0.05, 0) is 0 Å². The Kier molecular flexibility index (Phi) is 8.23. The van der Waals surface area contributed by atoms with E-state index in [2.05, 4.69) is 26.4 Å². The van der Waals surface area contributed by atoms with Gasteiger partial charge in [-0.2, -0.15) is 9.36 Å². The summed E-state index contributed by atoms with van der Waals surface area (Å²) < 4.78 is 16.8. The number of aromatic nitrogens is 3. The summed E-state index contributed by atoms with van der Waals surface area (Å²) >= 11 is 1.84. The molecule has 15 nitrogen and oxygen atoms in total. The zero-order valence-electron chi connectivity index (χ0n) is 19.3. The average Bonchev–Trinajstić information content (AvgIpc) is 3.31. The van der Waals surface area contributed by atoms with E-state index in [1.54, 1.807) is 29.1 Å². The molecule has 2 aromatic rings. The van der Waals surface area contributed by atoms with Crippen LogP contribution >= 0.6 is 31.0 Å². The van der Waals surface area contributed by atoms with Crippen molar-refractivity contribution in [1.82, 2.24) is 19.6 Å². The SMILES string of the molecule is C=CCON=C(C(=O)NC1C(=O)N2C(C(=O)[O-])=C(C[n+]3ccccc3)CS[C@@H]12)c1nsc(NP(=O)(O)O)n1. The lowest BCUT2D eigenvalue weighted by Crippen LogP contribution is -2.71. The second kappa shape index (κ2) is 11.4. The molecule has 0 aromatic carbocycles. The number of carbonyl (C=O) groups is 3. The highest BCUT2D eigenvalue weighted by Crippen LogP contribution is 2.40. The van der Waals surface area contributed by atoms with E-state index in [1.165, 1.54) is 17.8 Å². The topological polar surface area (TPSA) is 210 Å². The van der Waals surface area contributed by atoms with Gasteiger partial charge in [0.05, 0.1) is 11.7 Å². The predicted molar refractivity (Wildman–Crippen MR) is 132 cm³/mol. The molecular weight excluding hydrogens is 561 g/mol. The summed E-state index contributed by atoms with van der Waals surface area (Å²) in [6, 6.07) is 4.31. The lowest BCUT2D eigenvalue weighted by Gasteiger charge is -2.50. The third-order valence-corrected chi connectivity index (χ3v) is 7.74. The van der Waals surface area contributed by atoms with Gasteiger partial charge in [-0.15, -0.1) is 11.8 Å². The van der Waals surface area contributed by atoms with Gasteiger partial charge in [-0.1, -0.05) is 23.9 Å². The largest absolute Gasteiger partial charge is 0.543 e. The van der Waals surface area contributed by atoms with Crippen molar-refractivity contribution in [3.63, 3.8) is 0 Å². The van der Waals surface area contributed by atoms with Crippen LogP contribution in [0, 0.1) is 0 Å². The van der Waals surface area contributed by atoms with Crippen molar-refractivity contribution in [2.45, 2.75) is 18.0 Å². The lowest BCUT2D eigenvalue weighted by atomic mass is 10.0. The summed E-state index contributed by atoms with van der Waals surface area (Å²) in [6.07, 6.45) is 4.89. The van der Waals surface area contributed by atoms with Crippen molar-refractivity contribution in [3.05, 3.63) is 60.3 Å². The minimum absolute atomic E-state index is 0.0783. The fraction of sp³-hybridized carbons (Fsp3) is 0.250. The van der Waals surface area contributed by atoms with E-state index in [4.69, 9.17) is 14.6 Å². The first-order valence-electron chi connectivity index (χ1n) is 10.7. The third kappa shape index (κ3) is 6.08. The number of carboxylic acid groups (broad SMARTS) is 1. The predicted octanol–water partition coefficient (Wildman–Crippen LogP) is -1.66. The minimum Gasteiger partial charge on any atom is -0.543 e. The third-order valence-electron chi connectivity index (χ3n) is 5.12. The van der Waals surface area contributed by atoms with Crippen LogP contribution in [0.1, 0.15) is 5.82 Å². The normalized spacial score (nSPS) is 19.4. The van der Waals surface area contributed by atoms with Crippen LogP contribution in [-0.4, -0.2) is 71.3 Å². The lowest BCUT2D eigenvalue weighted by molar-refractivity contribution is -0.689. The minimum atomic E-state index is -4.68. The number of carboxylic acids is 1. The molecule has 2 atom stereocenters. The summed E-state index contributed by atoms with van der Waals surface area (Å²) in [4.78, 5) is 66.0. The van der Waals surface area contributed by atoms with Crippen LogP contribution in [0.3, 0.4) is 0 Å². The molecule has 0 spiro atoms. The molecule has 2 aromatic heterocycles. The highest BCUT2D eigenvalue weighted by atomic mass is 32.2. The summed E-state index contributed by atoms with van der Waals surface area (Å²) in [6.45, 7) is 3.63. The van der Waals surface area contributed by atoms with Crippen molar-refractivity contribution in [2.24, 2.45) is 5.16 Å². The molecule has 2 amide bonds. The van der Waals surface area contributed by atoms with E-state index >= 15 is 0 Å². The number of rotatable bonds is 11. The molecule has 0 bridgehead atoms. The standard InChI is InChI=1S/C20H20N7O8PS2/c1-2-8-35-23-12(15-22-20(38-25-15)24-36(32,33)34)16(28)21-13-17(29)27-14(19(30)31)11(10-37-18(13)27)9-26-6-4-3-5-7-26/h2-7,13,18H,1,8-10H2,(H4-,21,22,24,25,28,30,31,32,33,34)/t13?,18-/m0/s1. The van der Waals surface area contributed by atoms with Gasteiger partial charge in [-0.25, -0.2) is 9.13 Å². The second-order valence-electron chi connectivity index (χ2n) is 7.75. The first-order chi connectivity index (χ1) is 18.1. The maximum absolute atomic E-state index is 13.1. The van der Waals surface area contributed by atoms with Crippen molar-refractivity contribution in [2.75, 3.05) is 17.4 Å². The average molecular weight is 582 g/mol. The number of aliphatic carboxylic acids is 1. The fourth-order valence-electron chi connectivity index (χ4n) is 3.59. The van der Waals surface area contributed by atoms with Crippen molar-refractivity contribution >= 4 is 59.7 Å². The first kappa shape index (κ1) is 27.4. The quantitative estimate of drug-likeness (QED) is 0.0447. The molecule has 4 N–H and O–H groups in total. The summed E-state index contributed by atoms with van der Waals surface area (Å²) in [5.41, 5.74) is -0.221. The smallest absolute Gasteiger partial charge is 0.429 e. The molecule has 200 valence electrons. The first-order valence-corrected chi connectivity index (χ1v) is 14.1. The van der Waals surface area contributed by atoms with Crippen LogP contribution < -0.4 is 20.1 Å². The van der Waals surface area contributed by atoms with Crippen LogP contribution in [0.4, 0.5) is 5.13 Å². The highest BCUT2D eigenvalue weighted by Gasteiger charge is 2.53. The molecule has 1 saturated heterocycles. The zero-order chi connectivity index (χ0) is 27.4. The van der Waals surface area contributed by atoms with E-state index in [0.29, 0.717) is 17.1 Å². The van der Waals surface area contributed by atoms with Crippen LogP contribution in [0.5, 0.6) is 0 Å². The molecule has 1 unspecified atom stereocenters. The Hall–Kier alpha value is -3.63. The van der Waals surface area contributed by atoms with Crippen LogP contribution in [0.15, 0.2) is 59.7 Å². The van der Waals surface area contributed by atoms with E-state index in [9.17, 15) is 24.1 Å². The Morgan fingerprint density at radius 1 is 1.37 bits per heavy atom. The maximum Gasteiger partial charge on any atom is 0.429 e. The van der Waals surface area contributed by atoms with Crippen LogP contribution in [0.2, 0.25) is 0 Å². The number of anilines is 1. The van der Waals surface area contributed by atoms with Gasteiger partial charge < -0.3 is 29.8 Å². The number of nitrogens with zero attached hydrogens (tertiary/aromatic N) is 5. The van der Waals surface area contributed by atoms with E-state index in [0.717, 1.165) is 4.90 Å². The van der Waals surface area contributed by atoms with Gasteiger partial charge >= 0.3 is 7.75 Å². The van der Waals surface area contributed by atoms with E-state index < -0.39 is 42.7 Å². The Labute approximate surface area is 223 Å². The Balaban J connectivity index is 1.53. The number of hydrogen-bond donors (Lipinski definition) is 4. The van der Waals surface area contributed by atoms with Crippen LogP contribution in [0.25, 0.3) is 0 Å². The fourth-order valence-corrected chi connectivity index (χ4v) is 6.17. The summed E-state index contributed by atoms with van der Waals surface area (Å²) in [7, 11) is -4.68. The molecule has 4 rings (SSSR count). The Bertz CT molecular complexity index is 1380. The molecule has 2 aliphatic heterocycles. The number of fused-ring (bicyclic) bond motifs is 1. The molecule has 1 fully saturated rings. The number of carbonyl (C=O) groups excluding carboxylic acids is 3. The van der Waals surface area contributed by atoms with E-state index in [1.807, 2.05) is 11.2 Å². The highest BCUT2D eigenvalue weighted by molar-refractivity contribution is 8.00. The number of pyridine rings is 1. The van der Waals surface area contributed by atoms with Gasteiger partial charge in [0.25, 0.3) is 11.8 Å². The van der Waals surface area contributed by atoms with E-state index in [-0.39, 0.29) is 35.6 Å². The molecule has 2 aliphatic rings. The molecule has 4 heterocycles. The van der Waals surface area contributed by atoms with Crippen LogP contribution in [-0.2, 0) is 30.3 Å². The Morgan fingerprint density at radius 3 is 2.76 bits per heavy atom. The molecule has 0 saturated carbocycles. The van der Waals surface area contributed by atoms with Crippen molar-refractivity contribution in [3.8, 4) is 0 Å². The van der Waals surface area contributed by atoms with Crippen molar-refractivity contribution < 1.29 is 43.2 Å². The number of β-lactam (4-membered cyclic amide) rings is 1. The number of oxime groups is 1. The number of amides is 2. The number of thioether (sulfide) groups is 1. The van der Waals surface area contributed by atoms with Gasteiger partial charge in [0.15, 0.2) is 18.9 Å². The van der Waals surface area contributed by atoms with Gasteiger partial charge in [0, 0.05) is 35.0 Å². The second-order valence-corrected chi connectivity index (χ2v) is 10.9. The molecule has 18 heteroatoms. The van der Waals surface area contributed by atoms with Gasteiger partial charge in [0.1, 0.15) is 18.0 Å². The molecule has 0 radical (unpaired) electrons. The van der Waals surface area contributed by atoms with Crippen molar-refractivity contribution in [1.29, 1.82) is 0 Å². The molecule has 38 heavy (non-hydrogen) atoms. The Morgan fingerprint density at radius 2 is 2.11 bits per heavy atom. The van der Waals surface area contributed by atoms with Gasteiger partial charge in [-0.3, -0.25) is 19.6 Å². The monoisotopic (exact) mass is 581 g/mol. The zero-order valence-corrected chi connectivity index (χ0v) is 21.8. The molecule has 0 aliphatic carbocycles. The number of hydrogen-bond acceptors (Lipinski definition) is 11. The number of nitrogens with one attached hydrogen (secondary N) is 2. The summed E-state index contributed by atoms with van der Waals surface area (Å²) in [5, 5.41) is 19.0. The summed E-state index contributed by atoms with van der Waals surface area (Å²) in [5.74, 6) is -3.12. The molecular formula is C20H20N7O8PS2. The van der Waals surface area contributed by atoms with Gasteiger partial charge in [0.2, 0.25) is 16.7 Å².